The molecule has 0 atom stereocenters. The lowest BCUT2D eigenvalue weighted by Gasteiger charge is -2.11. The average molecular weight is 357 g/mol. The summed E-state index contributed by atoms with van der Waals surface area (Å²) in [6, 6.07) is 11.6. The normalized spacial score (nSPS) is 12.2. The van der Waals surface area contributed by atoms with Gasteiger partial charge in [-0.05, 0) is 47.7 Å². The van der Waals surface area contributed by atoms with Crippen LogP contribution >= 0.6 is 0 Å². The van der Waals surface area contributed by atoms with E-state index in [1.54, 1.807) is 6.92 Å². The number of aryl methyl sites for hydroxylation is 1. The minimum atomic E-state index is -4.41. The van der Waals surface area contributed by atoms with Crippen molar-refractivity contribution in [2.45, 2.75) is 25.9 Å². The molecule has 0 aliphatic carbocycles. The predicted molar refractivity (Wildman–Crippen MR) is 96.8 cm³/mol. The van der Waals surface area contributed by atoms with Gasteiger partial charge in [-0.15, -0.1) is 0 Å². The summed E-state index contributed by atoms with van der Waals surface area (Å²) in [4.78, 5) is 15.2. The molecule has 1 aromatic heterocycles. The maximum Gasteiger partial charge on any atom is 0.416 e. The number of alkyl halides is 3. The van der Waals surface area contributed by atoms with Gasteiger partial charge in [0.15, 0.2) is 0 Å². The van der Waals surface area contributed by atoms with E-state index in [1.165, 1.54) is 24.3 Å². The highest BCUT2D eigenvalue weighted by Crippen LogP contribution is 2.33. The number of hydrogen-bond acceptors (Lipinski definition) is 1. The Labute approximate surface area is 149 Å². The number of nitrogens with one attached hydrogen (secondary N) is 1. The van der Waals surface area contributed by atoms with Crippen LogP contribution in [-0.4, -0.2) is 10.8 Å². The smallest absolute Gasteiger partial charge is 0.361 e. The molecule has 0 saturated heterocycles. The van der Waals surface area contributed by atoms with E-state index < -0.39 is 11.7 Å². The highest BCUT2D eigenvalue weighted by Gasteiger charge is 2.32. The zero-order valence-corrected chi connectivity index (χ0v) is 14.2. The zero-order chi connectivity index (χ0) is 18.7. The Balaban J connectivity index is 1.68. The molecule has 1 N–H and O–H groups in total. The number of aromatic amines is 1. The molecule has 0 radical (unpaired) electrons. The first kappa shape index (κ1) is 18.0. The summed E-state index contributed by atoms with van der Waals surface area (Å²) in [5, 5.41) is 1.03. The van der Waals surface area contributed by atoms with Crippen molar-refractivity contribution in [1.82, 2.24) is 4.98 Å². The van der Waals surface area contributed by atoms with Gasteiger partial charge in [0.1, 0.15) is 5.78 Å². The fraction of sp³-hybridized carbons (Fsp3) is 0.190. The van der Waals surface area contributed by atoms with Crippen LogP contribution in [0, 0.1) is 6.92 Å². The van der Waals surface area contributed by atoms with Gasteiger partial charge >= 0.3 is 6.18 Å². The maximum absolute atomic E-state index is 13.1. The number of H-pyrrole nitrogens is 1. The lowest BCUT2D eigenvalue weighted by molar-refractivity contribution is -0.137. The molecule has 3 aromatic rings. The minimum absolute atomic E-state index is 0.0441. The fourth-order valence-corrected chi connectivity index (χ4v) is 2.91. The van der Waals surface area contributed by atoms with Gasteiger partial charge in [-0.1, -0.05) is 35.9 Å². The van der Waals surface area contributed by atoms with Crippen LogP contribution in [0.4, 0.5) is 13.2 Å². The van der Waals surface area contributed by atoms with Crippen LogP contribution in [0.25, 0.3) is 17.0 Å². The number of halogens is 3. The first-order chi connectivity index (χ1) is 12.3. The molecule has 0 saturated carbocycles. The van der Waals surface area contributed by atoms with Crippen molar-refractivity contribution in [1.29, 1.82) is 0 Å². The van der Waals surface area contributed by atoms with Crippen LogP contribution in [0.2, 0.25) is 0 Å². The second-order valence-corrected chi connectivity index (χ2v) is 6.31. The topological polar surface area (TPSA) is 32.9 Å². The van der Waals surface area contributed by atoms with Crippen molar-refractivity contribution in [2.75, 3.05) is 0 Å². The van der Waals surface area contributed by atoms with Crippen LogP contribution in [0.15, 0.2) is 54.7 Å². The van der Waals surface area contributed by atoms with Gasteiger partial charge < -0.3 is 4.98 Å². The lowest BCUT2D eigenvalue weighted by atomic mass is 10.0. The number of hydrogen-bond donors (Lipinski definition) is 1. The summed E-state index contributed by atoms with van der Waals surface area (Å²) >= 11 is 0. The number of fused-ring (bicyclic) bond motifs is 1. The number of carbonyl (C=O) groups excluding carboxylic acids is 1. The standard InChI is InChI=1S/C21H18F3NO/c1-14-5-7-19(21(22,23)24)16(11-14)3-2-4-18(26)13-15-6-8-20-17(12-15)9-10-25-20/h2-3,5-12,25H,4,13H2,1H3/b3-2+. The van der Waals surface area contributed by atoms with Crippen molar-refractivity contribution in [3.8, 4) is 0 Å². The second kappa shape index (κ2) is 7.20. The van der Waals surface area contributed by atoms with Crippen LogP contribution in [-0.2, 0) is 17.4 Å². The molecular formula is C21H18F3NO. The number of allylic oxidation sites excluding steroid dienone is 1. The Kier molecular flexibility index (Phi) is 4.98. The third kappa shape index (κ3) is 4.23. The second-order valence-electron chi connectivity index (χ2n) is 6.31. The Morgan fingerprint density at radius 3 is 2.69 bits per heavy atom. The van der Waals surface area contributed by atoms with Crippen LogP contribution in [0.5, 0.6) is 0 Å². The fourth-order valence-electron chi connectivity index (χ4n) is 2.91. The molecule has 2 nitrogen and oxygen atoms in total. The summed E-state index contributed by atoms with van der Waals surface area (Å²) in [6.07, 6.45) is 0.647. The quantitative estimate of drug-likeness (QED) is 0.623. The molecule has 0 aliphatic rings. The molecule has 0 aliphatic heterocycles. The van der Waals surface area contributed by atoms with Crippen LogP contribution < -0.4 is 0 Å². The molecule has 0 bridgehead atoms. The summed E-state index contributed by atoms with van der Waals surface area (Å²) in [5.74, 6) is -0.0441. The minimum Gasteiger partial charge on any atom is -0.361 e. The molecule has 0 unspecified atom stereocenters. The highest BCUT2D eigenvalue weighted by molar-refractivity contribution is 5.85. The van der Waals surface area contributed by atoms with Crippen LogP contribution in [0.3, 0.4) is 0 Å². The molecule has 3 rings (SSSR count). The van der Waals surface area contributed by atoms with Gasteiger partial charge in [-0.3, -0.25) is 4.79 Å². The van der Waals surface area contributed by atoms with Crippen molar-refractivity contribution in [2.24, 2.45) is 0 Å². The number of Topliss-reactive ketones (excluding diaryl/α,β-unsaturated/α-hetero) is 1. The maximum atomic E-state index is 13.1. The SMILES string of the molecule is Cc1ccc(C(F)(F)F)c(/C=C/CC(=O)Cc2ccc3[nH]ccc3c2)c1. The monoisotopic (exact) mass is 357 g/mol. The number of aromatic nitrogens is 1. The number of rotatable bonds is 5. The van der Waals surface area contributed by atoms with Crippen molar-refractivity contribution >= 4 is 22.8 Å². The molecular weight excluding hydrogens is 339 g/mol. The van der Waals surface area contributed by atoms with E-state index in [9.17, 15) is 18.0 Å². The summed E-state index contributed by atoms with van der Waals surface area (Å²) in [5.41, 5.74) is 2.02. The van der Waals surface area contributed by atoms with Crippen molar-refractivity contribution in [3.05, 3.63) is 77.0 Å². The van der Waals surface area contributed by atoms with E-state index in [4.69, 9.17) is 0 Å². The average Bonchev–Trinajstić information content (AvgIpc) is 3.01. The van der Waals surface area contributed by atoms with Gasteiger partial charge in [0.2, 0.25) is 0 Å². The van der Waals surface area contributed by atoms with Gasteiger partial charge in [-0.2, -0.15) is 13.2 Å². The molecule has 5 heteroatoms. The van der Waals surface area contributed by atoms with Crippen LogP contribution in [0.1, 0.15) is 28.7 Å². The Morgan fingerprint density at radius 1 is 1.12 bits per heavy atom. The lowest BCUT2D eigenvalue weighted by Crippen LogP contribution is -2.07. The van der Waals surface area contributed by atoms with E-state index in [0.29, 0.717) is 0 Å². The van der Waals surface area contributed by atoms with E-state index >= 15 is 0 Å². The molecule has 134 valence electrons. The zero-order valence-electron chi connectivity index (χ0n) is 14.2. The summed E-state index contributed by atoms with van der Waals surface area (Å²) < 4.78 is 39.2. The Hall–Kier alpha value is -2.82. The number of carbonyl (C=O) groups is 1. The first-order valence-electron chi connectivity index (χ1n) is 8.25. The van der Waals surface area contributed by atoms with Gasteiger partial charge in [-0.25, -0.2) is 0 Å². The number of benzene rings is 2. The van der Waals surface area contributed by atoms with Gasteiger partial charge in [0.05, 0.1) is 5.56 Å². The van der Waals surface area contributed by atoms with E-state index in [2.05, 4.69) is 4.98 Å². The van der Waals surface area contributed by atoms with E-state index in [-0.39, 0.29) is 24.2 Å². The highest BCUT2D eigenvalue weighted by atomic mass is 19.4. The van der Waals surface area contributed by atoms with Crippen molar-refractivity contribution in [3.63, 3.8) is 0 Å². The predicted octanol–water partition coefficient (Wildman–Crippen LogP) is 5.71. The van der Waals surface area contributed by atoms with E-state index in [0.717, 1.165) is 28.1 Å². The molecule has 2 aromatic carbocycles. The third-order valence-corrected chi connectivity index (χ3v) is 4.17. The first-order valence-corrected chi connectivity index (χ1v) is 8.25. The Bertz CT molecular complexity index is 967. The Morgan fingerprint density at radius 2 is 1.92 bits per heavy atom. The van der Waals surface area contributed by atoms with Gasteiger partial charge in [0, 0.05) is 24.6 Å². The molecule has 0 spiro atoms. The molecule has 1 heterocycles. The largest absolute Gasteiger partial charge is 0.416 e. The van der Waals surface area contributed by atoms with E-state index in [1.807, 2.05) is 30.5 Å². The van der Waals surface area contributed by atoms with Crippen molar-refractivity contribution < 1.29 is 18.0 Å². The molecule has 26 heavy (non-hydrogen) atoms. The molecule has 0 amide bonds. The van der Waals surface area contributed by atoms with Gasteiger partial charge in [0.25, 0.3) is 0 Å². The summed E-state index contributed by atoms with van der Waals surface area (Å²) in [6.45, 7) is 1.74. The third-order valence-electron chi connectivity index (χ3n) is 4.17. The summed E-state index contributed by atoms with van der Waals surface area (Å²) in [7, 11) is 0. The molecule has 0 fully saturated rings. The number of ketones is 1.